The summed E-state index contributed by atoms with van der Waals surface area (Å²) in [7, 11) is 1.69. The smallest absolute Gasteiger partial charge is 0.133 e. The fraction of sp³-hybridized carbons (Fsp3) is 0.250. The van der Waals surface area contributed by atoms with Crippen molar-refractivity contribution in [1.82, 2.24) is 9.78 Å². The molecule has 0 atom stereocenters. The van der Waals surface area contributed by atoms with Gasteiger partial charge in [0.15, 0.2) is 0 Å². The Morgan fingerprint density at radius 2 is 1.88 bits per heavy atom. The number of benzene rings is 2. The van der Waals surface area contributed by atoms with Gasteiger partial charge < -0.3 is 10.1 Å². The van der Waals surface area contributed by atoms with Gasteiger partial charge in [0.25, 0.3) is 0 Å². The summed E-state index contributed by atoms with van der Waals surface area (Å²) in [5, 5.41) is 8.45. The molecule has 1 N–H and O–H groups in total. The summed E-state index contributed by atoms with van der Waals surface area (Å²) in [6.07, 6.45) is 1.00. The van der Waals surface area contributed by atoms with Crippen molar-refractivity contribution >= 4 is 5.82 Å². The summed E-state index contributed by atoms with van der Waals surface area (Å²) in [6, 6.07) is 14.5. The zero-order chi connectivity index (χ0) is 16.7. The Labute approximate surface area is 142 Å². The van der Waals surface area contributed by atoms with Gasteiger partial charge in [0.1, 0.15) is 11.6 Å². The highest BCUT2D eigenvalue weighted by atomic mass is 16.5. The number of rotatable bonds is 3. The third-order valence-corrected chi connectivity index (χ3v) is 4.82. The first-order chi connectivity index (χ1) is 11.7. The second-order valence-corrected chi connectivity index (χ2v) is 6.21. The van der Waals surface area contributed by atoms with Gasteiger partial charge in [-0.2, -0.15) is 5.10 Å². The van der Waals surface area contributed by atoms with Crippen molar-refractivity contribution in [2.75, 3.05) is 19.0 Å². The second kappa shape index (κ2) is 5.71. The highest BCUT2D eigenvalue weighted by molar-refractivity contribution is 5.73. The van der Waals surface area contributed by atoms with E-state index in [9.17, 15) is 0 Å². The fourth-order valence-corrected chi connectivity index (χ4v) is 3.29. The number of aromatic nitrogens is 2. The van der Waals surface area contributed by atoms with Gasteiger partial charge in [-0.25, -0.2) is 4.68 Å². The number of nitrogens with zero attached hydrogens (tertiary/aromatic N) is 2. The van der Waals surface area contributed by atoms with Crippen molar-refractivity contribution in [3.63, 3.8) is 0 Å². The van der Waals surface area contributed by atoms with E-state index in [1.54, 1.807) is 7.11 Å². The average molecular weight is 319 g/mol. The fourth-order valence-electron chi connectivity index (χ4n) is 3.29. The second-order valence-electron chi connectivity index (χ2n) is 6.21. The summed E-state index contributed by atoms with van der Waals surface area (Å²) >= 11 is 0. The lowest BCUT2D eigenvalue weighted by molar-refractivity contribution is 0.415. The van der Waals surface area contributed by atoms with Crippen LogP contribution in [0.5, 0.6) is 5.75 Å². The largest absolute Gasteiger partial charge is 0.497 e. The molecule has 4 heteroatoms. The van der Waals surface area contributed by atoms with E-state index in [1.807, 2.05) is 12.1 Å². The molecular weight excluding hydrogens is 298 g/mol. The molecule has 4 rings (SSSR count). The Hall–Kier alpha value is -2.75. The van der Waals surface area contributed by atoms with Crippen LogP contribution < -0.4 is 10.1 Å². The molecule has 0 aliphatic carbocycles. The third kappa shape index (κ3) is 2.26. The van der Waals surface area contributed by atoms with Gasteiger partial charge in [-0.15, -0.1) is 0 Å². The summed E-state index contributed by atoms with van der Waals surface area (Å²) in [5.41, 5.74) is 7.15. The number of hydrogen-bond acceptors (Lipinski definition) is 3. The van der Waals surface area contributed by atoms with E-state index in [0.717, 1.165) is 41.5 Å². The summed E-state index contributed by atoms with van der Waals surface area (Å²) in [5.74, 6) is 1.98. The monoisotopic (exact) mass is 319 g/mol. The molecule has 0 radical (unpaired) electrons. The SMILES string of the molecule is COc1ccc(-c2nn(-c3cccc(C)c3C)c3c2CCN3)cc1. The first-order valence-electron chi connectivity index (χ1n) is 8.26. The van der Waals surface area contributed by atoms with Crippen LogP contribution in [-0.4, -0.2) is 23.4 Å². The van der Waals surface area contributed by atoms with Gasteiger partial charge >= 0.3 is 0 Å². The maximum Gasteiger partial charge on any atom is 0.133 e. The topological polar surface area (TPSA) is 39.1 Å². The zero-order valence-corrected chi connectivity index (χ0v) is 14.3. The number of methoxy groups -OCH3 is 1. The Balaban J connectivity index is 1.87. The summed E-state index contributed by atoms with van der Waals surface area (Å²) in [4.78, 5) is 0. The predicted molar refractivity (Wildman–Crippen MR) is 97.2 cm³/mol. The molecule has 122 valence electrons. The maximum absolute atomic E-state index is 5.26. The Bertz CT molecular complexity index is 894. The van der Waals surface area contributed by atoms with Crippen molar-refractivity contribution in [1.29, 1.82) is 0 Å². The van der Waals surface area contributed by atoms with Crippen LogP contribution in [0.15, 0.2) is 42.5 Å². The molecule has 0 saturated carbocycles. The Morgan fingerprint density at radius 1 is 1.08 bits per heavy atom. The first kappa shape index (κ1) is 14.8. The molecule has 2 heterocycles. The molecule has 0 bridgehead atoms. The van der Waals surface area contributed by atoms with Gasteiger partial charge in [0.05, 0.1) is 18.5 Å². The van der Waals surface area contributed by atoms with Crippen LogP contribution in [0.2, 0.25) is 0 Å². The summed E-state index contributed by atoms with van der Waals surface area (Å²) < 4.78 is 7.32. The zero-order valence-electron chi connectivity index (χ0n) is 14.3. The van der Waals surface area contributed by atoms with Crippen LogP contribution in [0.4, 0.5) is 5.82 Å². The average Bonchev–Trinajstić information content (AvgIpc) is 3.20. The molecular formula is C20H21N3O. The van der Waals surface area contributed by atoms with E-state index >= 15 is 0 Å². The number of anilines is 1. The molecule has 0 fully saturated rings. The minimum atomic E-state index is 0.863. The lowest BCUT2D eigenvalue weighted by Gasteiger charge is -2.11. The normalized spacial score (nSPS) is 12.8. The number of fused-ring (bicyclic) bond motifs is 1. The molecule has 2 aromatic carbocycles. The minimum absolute atomic E-state index is 0.863. The Kier molecular flexibility index (Phi) is 3.53. The van der Waals surface area contributed by atoms with Gasteiger partial charge in [0, 0.05) is 17.7 Å². The number of ether oxygens (including phenoxy) is 1. The van der Waals surface area contributed by atoms with Crippen LogP contribution in [0, 0.1) is 13.8 Å². The van der Waals surface area contributed by atoms with Crippen LogP contribution in [0.25, 0.3) is 16.9 Å². The predicted octanol–water partition coefficient (Wildman–Crippen LogP) is 4.13. The third-order valence-electron chi connectivity index (χ3n) is 4.82. The first-order valence-corrected chi connectivity index (χ1v) is 8.26. The molecule has 0 saturated heterocycles. The molecule has 24 heavy (non-hydrogen) atoms. The van der Waals surface area contributed by atoms with Crippen molar-refractivity contribution in [2.45, 2.75) is 20.3 Å². The molecule has 4 nitrogen and oxygen atoms in total. The van der Waals surface area contributed by atoms with E-state index in [1.165, 1.54) is 16.7 Å². The highest BCUT2D eigenvalue weighted by Gasteiger charge is 2.24. The van der Waals surface area contributed by atoms with Crippen molar-refractivity contribution in [3.05, 3.63) is 59.2 Å². The lowest BCUT2D eigenvalue weighted by atomic mass is 10.1. The number of hydrogen-bond donors (Lipinski definition) is 1. The van der Waals surface area contributed by atoms with Gasteiger partial charge in [-0.1, -0.05) is 12.1 Å². The molecule has 1 aliphatic heterocycles. The van der Waals surface area contributed by atoms with Crippen LogP contribution in [0.3, 0.4) is 0 Å². The van der Waals surface area contributed by atoms with Gasteiger partial charge in [-0.05, 0) is 61.7 Å². The molecule has 1 aliphatic rings. The van der Waals surface area contributed by atoms with Gasteiger partial charge in [-0.3, -0.25) is 0 Å². The maximum atomic E-state index is 5.26. The number of nitrogens with one attached hydrogen (secondary N) is 1. The van der Waals surface area contributed by atoms with Gasteiger partial charge in [0.2, 0.25) is 0 Å². The number of aryl methyl sites for hydroxylation is 1. The Morgan fingerprint density at radius 3 is 2.62 bits per heavy atom. The molecule has 0 spiro atoms. The van der Waals surface area contributed by atoms with E-state index < -0.39 is 0 Å². The van der Waals surface area contributed by atoms with Crippen LogP contribution in [0.1, 0.15) is 16.7 Å². The van der Waals surface area contributed by atoms with Crippen LogP contribution in [-0.2, 0) is 6.42 Å². The van der Waals surface area contributed by atoms with E-state index in [2.05, 4.69) is 54.2 Å². The van der Waals surface area contributed by atoms with E-state index in [-0.39, 0.29) is 0 Å². The van der Waals surface area contributed by atoms with Crippen LogP contribution >= 0.6 is 0 Å². The van der Waals surface area contributed by atoms with E-state index in [4.69, 9.17) is 9.84 Å². The van der Waals surface area contributed by atoms with Crippen molar-refractivity contribution < 1.29 is 4.74 Å². The minimum Gasteiger partial charge on any atom is -0.497 e. The lowest BCUT2D eigenvalue weighted by Crippen LogP contribution is -2.06. The molecule has 3 aromatic rings. The van der Waals surface area contributed by atoms with E-state index in [0.29, 0.717) is 0 Å². The molecule has 0 amide bonds. The quantitative estimate of drug-likeness (QED) is 0.789. The van der Waals surface area contributed by atoms with Crippen molar-refractivity contribution in [2.24, 2.45) is 0 Å². The highest BCUT2D eigenvalue weighted by Crippen LogP contribution is 2.35. The molecule has 1 aromatic heterocycles. The summed E-state index contributed by atoms with van der Waals surface area (Å²) in [6.45, 7) is 5.25. The molecule has 0 unspecified atom stereocenters. The standard InChI is InChI=1S/C20H21N3O/c1-13-5-4-6-18(14(13)2)23-20-17(11-12-21-20)19(22-23)15-7-9-16(24-3)10-8-15/h4-10,21H,11-12H2,1-3H3. The van der Waals surface area contributed by atoms with Crippen molar-refractivity contribution in [3.8, 4) is 22.7 Å².